The Morgan fingerprint density at radius 2 is 2.00 bits per heavy atom. The van der Waals surface area contributed by atoms with Crippen LogP contribution >= 0.6 is 0 Å². The summed E-state index contributed by atoms with van der Waals surface area (Å²) >= 11 is 0. The molecule has 1 unspecified atom stereocenters. The fourth-order valence-corrected chi connectivity index (χ4v) is 5.69. The highest BCUT2D eigenvalue weighted by Gasteiger charge is 2.31. The molecule has 0 amide bonds. The van der Waals surface area contributed by atoms with Crippen LogP contribution in [0.4, 0.5) is 0 Å². The van der Waals surface area contributed by atoms with Crippen LogP contribution in [0.25, 0.3) is 10.9 Å². The number of sulfone groups is 1. The zero-order valence-electron chi connectivity index (χ0n) is 12.6. The van der Waals surface area contributed by atoms with Crippen molar-refractivity contribution < 1.29 is 21.3 Å². The molecule has 2 aromatic rings. The van der Waals surface area contributed by atoms with Gasteiger partial charge in [0.15, 0.2) is 9.84 Å². The number of aromatic nitrogens is 1. The van der Waals surface area contributed by atoms with Gasteiger partial charge in [-0.1, -0.05) is 0 Å². The number of fused-ring (bicyclic) bond motifs is 1. The van der Waals surface area contributed by atoms with Crippen LogP contribution in [0.3, 0.4) is 0 Å². The van der Waals surface area contributed by atoms with Crippen molar-refractivity contribution in [3.8, 4) is 0 Å². The predicted octanol–water partition coefficient (Wildman–Crippen LogP) is -1.04. The van der Waals surface area contributed by atoms with Crippen LogP contribution in [-0.4, -0.2) is 39.0 Å². The van der Waals surface area contributed by atoms with Gasteiger partial charge in [0.1, 0.15) is 0 Å². The zero-order chi connectivity index (χ0) is 17.7. The van der Waals surface area contributed by atoms with Gasteiger partial charge in [0.25, 0.3) is 0 Å². The third-order valence-electron chi connectivity index (χ3n) is 3.87. The number of nitrogens with zero attached hydrogens (tertiary/aromatic N) is 1. The summed E-state index contributed by atoms with van der Waals surface area (Å²) in [5.74, 6) is -1.17. The Balaban J connectivity index is 2.03. The lowest BCUT2D eigenvalue weighted by atomic mass is 10.2. The van der Waals surface area contributed by atoms with Crippen LogP contribution in [0.1, 0.15) is 6.42 Å². The zero-order valence-corrected chi connectivity index (χ0v) is 14.2. The quantitative estimate of drug-likeness (QED) is 0.725. The molecule has 1 aliphatic rings. The molecule has 1 atom stereocenters. The fraction of sp³-hybridized carbons (Fsp3) is 0.385. The molecule has 1 saturated heterocycles. The van der Waals surface area contributed by atoms with Gasteiger partial charge in [0.05, 0.1) is 27.3 Å². The summed E-state index contributed by atoms with van der Waals surface area (Å²) in [6.07, 6.45) is 0.200. The van der Waals surface area contributed by atoms with Gasteiger partial charge in [-0.05, 0) is 24.6 Å². The molecule has 1 N–H and O–H groups in total. The lowest BCUT2D eigenvalue weighted by Crippen LogP contribution is -2.35. The van der Waals surface area contributed by atoms with Gasteiger partial charge in [-0.3, -0.25) is 4.57 Å². The van der Waals surface area contributed by atoms with E-state index in [1.165, 1.54) is 19.2 Å². The van der Waals surface area contributed by atoms with Gasteiger partial charge in [-0.2, -0.15) is 0 Å². The molecule has 11 heteroatoms. The Bertz CT molecular complexity index is 1140. The molecular formula is C13H14N2O7S2. The molecule has 0 bridgehead atoms. The largest absolute Gasteiger partial charge is 0.422 e. The molecule has 1 aromatic carbocycles. The number of nitrogens with one attached hydrogen (secondary N) is 1. The number of rotatable bonds is 3. The second-order valence-electron chi connectivity index (χ2n) is 5.61. The minimum Gasteiger partial charge on any atom is -0.372 e. The van der Waals surface area contributed by atoms with E-state index in [0.29, 0.717) is 0 Å². The number of benzene rings is 1. The standard InChI is InChI=1S/C13H14N2O7S2/c1-15-11-3-2-9(6-10(11)12(16)22-13(15)17)24(20,21)14-8-4-5-23(18,19)7-8/h2-3,6,8,14H,4-5,7H2,1H3. The van der Waals surface area contributed by atoms with Crippen LogP contribution < -0.4 is 16.1 Å². The van der Waals surface area contributed by atoms with Crippen molar-refractivity contribution >= 4 is 30.8 Å². The fourth-order valence-electron chi connectivity index (χ4n) is 2.61. The molecule has 0 spiro atoms. The summed E-state index contributed by atoms with van der Waals surface area (Å²) in [6.45, 7) is 0. The Kier molecular flexibility index (Phi) is 3.89. The normalized spacial score (nSPS) is 20.5. The minimum atomic E-state index is -4.01. The summed E-state index contributed by atoms with van der Waals surface area (Å²) in [5.41, 5.74) is -0.702. The molecule has 0 saturated carbocycles. The molecule has 0 radical (unpaired) electrons. The first-order valence-corrected chi connectivity index (χ1v) is 10.3. The number of sulfonamides is 1. The van der Waals surface area contributed by atoms with E-state index in [1.807, 2.05) is 0 Å². The number of hydrogen-bond donors (Lipinski definition) is 1. The van der Waals surface area contributed by atoms with Crippen molar-refractivity contribution in [2.75, 3.05) is 11.5 Å². The molecule has 9 nitrogen and oxygen atoms in total. The van der Waals surface area contributed by atoms with Gasteiger partial charge in [-0.25, -0.2) is 31.1 Å². The van der Waals surface area contributed by atoms with Gasteiger partial charge in [0, 0.05) is 13.1 Å². The topological polar surface area (TPSA) is 133 Å². The average molecular weight is 374 g/mol. The maximum Gasteiger partial charge on any atom is 0.422 e. The second kappa shape index (κ2) is 5.53. The van der Waals surface area contributed by atoms with Crippen LogP contribution in [0, 0.1) is 0 Å². The van der Waals surface area contributed by atoms with E-state index < -0.39 is 37.3 Å². The third kappa shape index (κ3) is 3.01. The van der Waals surface area contributed by atoms with E-state index >= 15 is 0 Å². The Morgan fingerprint density at radius 3 is 2.62 bits per heavy atom. The van der Waals surface area contributed by atoms with E-state index in [-0.39, 0.29) is 33.7 Å². The van der Waals surface area contributed by atoms with Crippen LogP contribution in [0.5, 0.6) is 0 Å². The van der Waals surface area contributed by atoms with Crippen molar-refractivity contribution in [1.29, 1.82) is 0 Å². The molecule has 0 aliphatic carbocycles. The summed E-state index contributed by atoms with van der Waals surface area (Å²) in [4.78, 5) is 23.0. The van der Waals surface area contributed by atoms with Gasteiger partial charge in [0.2, 0.25) is 10.0 Å². The highest BCUT2D eigenvalue weighted by molar-refractivity contribution is 7.92. The first-order chi connectivity index (χ1) is 11.1. The molecule has 130 valence electrons. The van der Waals surface area contributed by atoms with Crippen molar-refractivity contribution in [3.63, 3.8) is 0 Å². The highest BCUT2D eigenvalue weighted by atomic mass is 32.2. The smallest absolute Gasteiger partial charge is 0.372 e. The van der Waals surface area contributed by atoms with Crippen LogP contribution in [-0.2, 0) is 26.9 Å². The molecule has 1 aliphatic heterocycles. The Morgan fingerprint density at radius 1 is 1.29 bits per heavy atom. The van der Waals surface area contributed by atoms with Crippen LogP contribution in [0.2, 0.25) is 0 Å². The van der Waals surface area contributed by atoms with Crippen LogP contribution in [0.15, 0.2) is 37.1 Å². The van der Waals surface area contributed by atoms with Gasteiger partial charge >= 0.3 is 11.4 Å². The Labute approximate surface area is 136 Å². The minimum absolute atomic E-state index is 0.0565. The molecule has 3 rings (SSSR count). The lowest BCUT2D eigenvalue weighted by molar-refractivity contribution is 0.432. The van der Waals surface area contributed by atoms with Crippen molar-refractivity contribution in [1.82, 2.24) is 9.29 Å². The maximum absolute atomic E-state index is 12.4. The van der Waals surface area contributed by atoms with Crippen molar-refractivity contribution in [2.45, 2.75) is 17.4 Å². The summed E-state index contributed by atoms with van der Waals surface area (Å²) in [6, 6.07) is 2.97. The van der Waals surface area contributed by atoms with E-state index in [1.54, 1.807) is 0 Å². The predicted molar refractivity (Wildman–Crippen MR) is 85.1 cm³/mol. The Hall–Kier alpha value is -1.98. The SMILES string of the molecule is Cn1c(=O)oc(=O)c2cc(S(=O)(=O)NC3CCS(=O)(=O)C3)ccc21. The molecule has 1 aromatic heterocycles. The summed E-state index contributed by atoms with van der Waals surface area (Å²) in [5, 5.41) is -0.0565. The molecular weight excluding hydrogens is 360 g/mol. The van der Waals surface area contributed by atoms with E-state index in [9.17, 15) is 26.4 Å². The number of hydrogen-bond acceptors (Lipinski definition) is 7. The van der Waals surface area contributed by atoms with Crippen molar-refractivity contribution in [3.05, 3.63) is 39.2 Å². The van der Waals surface area contributed by atoms with Gasteiger partial charge < -0.3 is 4.42 Å². The second-order valence-corrected chi connectivity index (χ2v) is 9.56. The summed E-state index contributed by atoms with van der Waals surface area (Å²) < 4.78 is 55.6. The highest BCUT2D eigenvalue weighted by Crippen LogP contribution is 2.18. The van der Waals surface area contributed by atoms with E-state index in [0.717, 1.165) is 10.6 Å². The van der Waals surface area contributed by atoms with Crippen molar-refractivity contribution in [2.24, 2.45) is 7.05 Å². The first-order valence-electron chi connectivity index (χ1n) is 6.96. The van der Waals surface area contributed by atoms with E-state index in [4.69, 9.17) is 0 Å². The molecule has 1 fully saturated rings. The van der Waals surface area contributed by atoms with E-state index in [2.05, 4.69) is 9.14 Å². The first kappa shape index (κ1) is 16.9. The van der Waals surface area contributed by atoms with Gasteiger partial charge in [-0.15, -0.1) is 0 Å². The maximum atomic E-state index is 12.4. The number of aryl methyl sites for hydroxylation is 1. The monoisotopic (exact) mass is 374 g/mol. The lowest BCUT2D eigenvalue weighted by Gasteiger charge is -2.12. The molecule has 24 heavy (non-hydrogen) atoms. The average Bonchev–Trinajstić information content (AvgIpc) is 2.82. The molecule has 2 heterocycles. The third-order valence-corrected chi connectivity index (χ3v) is 7.15. The summed E-state index contributed by atoms with van der Waals surface area (Å²) in [7, 11) is -5.85.